The Labute approximate surface area is 136 Å². The lowest BCUT2D eigenvalue weighted by molar-refractivity contribution is -0.383. The number of para-hydroxylation sites is 3. The number of hydrogen-bond acceptors (Lipinski definition) is 7. The van der Waals surface area contributed by atoms with Crippen molar-refractivity contribution in [2.45, 2.75) is 0 Å². The lowest BCUT2D eigenvalue weighted by Crippen LogP contribution is -2.26. The molecule has 4 N–H and O–H groups in total. The van der Waals surface area contributed by atoms with Crippen LogP contribution in [0, 0.1) is 15.5 Å². The molecule has 0 bridgehead atoms. The van der Waals surface area contributed by atoms with Gasteiger partial charge in [-0.3, -0.25) is 15.5 Å². The largest absolute Gasteiger partial charge is 0.380 e. The maximum atomic E-state index is 11.1. The summed E-state index contributed by atoms with van der Waals surface area (Å²) in [6.45, 7) is 0. The van der Waals surface area contributed by atoms with Gasteiger partial charge in [0.25, 0.3) is 5.69 Å². The van der Waals surface area contributed by atoms with Crippen molar-refractivity contribution >= 4 is 23.1 Å². The van der Waals surface area contributed by atoms with E-state index in [1.54, 1.807) is 42.5 Å². The third-order valence-corrected chi connectivity index (χ3v) is 3.22. The molecule has 0 spiro atoms. The molecule has 0 fully saturated rings. The molecule has 1 aromatic heterocycles. The predicted molar refractivity (Wildman–Crippen MR) is 88.0 cm³/mol. The fraction of sp³-hybridized carbons (Fsp3) is 0. The summed E-state index contributed by atoms with van der Waals surface area (Å²) in [4.78, 5) is 14.6. The van der Waals surface area contributed by atoms with Gasteiger partial charge >= 0.3 is 0 Å². The van der Waals surface area contributed by atoms with Crippen molar-refractivity contribution in [1.29, 1.82) is 5.41 Å². The standard InChI is InChI=1S/C15H13N7O2/c16-13-14(17)21(10-6-2-1-3-7-10)20-15(19-13)18-11-8-4-5-9-12(11)22(23)24/h1-9,17H,(H3,16,18,19,20). The normalized spacial score (nSPS) is 10.3. The van der Waals surface area contributed by atoms with Crippen LogP contribution in [0.2, 0.25) is 0 Å². The first kappa shape index (κ1) is 15.2. The van der Waals surface area contributed by atoms with E-state index in [-0.39, 0.29) is 28.6 Å². The van der Waals surface area contributed by atoms with E-state index in [0.717, 1.165) is 0 Å². The van der Waals surface area contributed by atoms with Crippen LogP contribution in [0.25, 0.3) is 5.69 Å². The van der Waals surface area contributed by atoms with Crippen LogP contribution in [0.15, 0.2) is 54.6 Å². The predicted octanol–water partition coefficient (Wildman–Crippen LogP) is 1.98. The van der Waals surface area contributed by atoms with Crippen LogP contribution in [0.3, 0.4) is 0 Å². The van der Waals surface area contributed by atoms with Crippen molar-refractivity contribution in [1.82, 2.24) is 14.8 Å². The lowest BCUT2D eigenvalue weighted by atomic mass is 10.3. The van der Waals surface area contributed by atoms with Gasteiger partial charge in [-0.15, -0.1) is 5.10 Å². The molecule has 1 heterocycles. The van der Waals surface area contributed by atoms with E-state index >= 15 is 0 Å². The van der Waals surface area contributed by atoms with E-state index in [9.17, 15) is 10.1 Å². The number of nitrogens with two attached hydrogens (primary N) is 1. The van der Waals surface area contributed by atoms with Crippen molar-refractivity contribution in [3.8, 4) is 5.69 Å². The maximum Gasteiger partial charge on any atom is 0.292 e. The third-order valence-electron chi connectivity index (χ3n) is 3.22. The third kappa shape index (κ3) is 2.90. The van der Waals surface area contributed by atoms with Gasteiger partial charge in [0, 0.05) is 6.07 Å². The van der Waals surface area contributed by atoms with Gasteiger partial charge in [-0.1, -0.05) is 30.3 Å². The highest BCUT2D eigenvalue weighted by atomic mass is 16.6. The van der Waals surface area contributed by atoms with Gasteiger partial charge in [0.1, 0.15) is 5.69 Å². The Kier molecular flexibility index (Phi) is 3.89. The van der Waals surface area contributed by atoms with Crippen LogP contribution in [0.4, 0.5) is 23.1 Å². The molecule has 0 saturated heterocycles. The average molecular weight is 323 g/mol. The molecule has 24 heavy (non-hydrogen) atoms. The fourth-order valence-corrected chi connectivity index (χ4v) is 2.11. The molecule has 0 aliphatic rings. The summed E-state index contributed by atoms with van der Waals surface area (Å²) >= 11 is 0. The monoisotopic (exact) mass is 323 g/mol. The number of nitrogen functional groups attached to an aromatic ring is 1. The summed E-state index contributed by atoms with van der Waals surface area (Å²) < 4.78 is 1.30. The van der Waals surface area contributed by atoms with Gasteiger partial charge in [-0.25, -0.2) is 4.68 Å². The summed E-state index contributed by atoms with van der Waals surface area (Å²) in [6, 6.07) is 15.1. The number of hydrogen-bond donors (Lipinski definition) is 3. The number of benzene rings is 2. The van der Waals surface area contributed by atoms with Crippen LogP contribution in [0.5, 0.6) is 0 Å². The van der Waals surface area contributed by atoms with E-state index in [4.69, 9.17) is 11.1 Å². The van der Waals surface area contributed by atoms with E-state index < -0.39 is 4.92 Å². The first-order valence-electron chi connectivity index (χ1n) is 6.93. The minimum atomic E-state index is -0.504. The van der Waals surface area contributed by atoms with Crippen LogP contribution in [0.1, 0.15) is 0 Å². The van der Waals surface area contributed by atoms with E-state index in [1.807, 2.05) is 6.07 Å². The second-order valence-corrected chi connectivity index (χ2v) is 4.82. The Hall–Kier alpha value is -3.75. The van der Waals surface area contributed by atoms with Gasteiger partial charge < -0.3 is 11.1 Å². The van der Waals surface area contributed by atoms with Gasteiger partial charge in [-0.05, 0) is 18.2 Å². The Morgan fingerprint density at radius 1 is 1.12 bits per heavy atom. The van der Waals surface area contributed by atoms with Crippen molar-refractivity contribution < 1.29 is 4.92 Å². The van der Waals surface area contributed by atoms with E-state index in [1.165, 1.54) is 10.7 Å². The number of nitrogens with zero attached hydrogens (tertiary/aromatic N) is 4. The van der Waals surface area contributed by atoms with E-state index in [2.05, 4.69) is 15.4 Å². The highest BCUT2D eigenvalue weighted by Crippen LogP contribution is 2.25. The molecule has 9 heteroatoms. The maximum absolute atomic E-state index is 11.1. The van der Waals surface area contributed by atoms with Gasteiger partial charge in [0.05, 0.1) is 10.6 Å². The zero-order valence-corrected chi connectivity index (χ0v) is 12.4. The zero-order chi connectivity index (χ0) is 17.1. The number of nitro groups is 1. The summed E-state index contributed by atoms with van der Waals surface area (Å²) in [7, 11) is 0. The molecule has 0 aliphatic carbocycles. The van der Waals surface area contributed by atoms with Gasteiger partial charge in [-0.2, -0.15) is 4.98 Å². The molecule has 0 radical (unpaired) electrons. The second kappa shape index (κ2) is 6.16. The van der Waals surface area contributed by atoms with Gasteiger partial charge in [0.15, 0.2) is 11.3 Å². The first-order valence-corrected chi connectivity index (χ1v) is 6.93. The van der Waals surface area contributed by atoms with Crippen molar-refractivity contribution in [3.05, 3.63) is 70.2 Å². The molecule has 2 aromatic carbocycles. The van der Waals surface area contributed by atoms with Crippen molar-refractivity contribution in [2.24, 2.45) is 0 Å². The topological polar surface area (TPSA) is 136 Å². The second-order valence-electron chi connectivity index (χ2n) is 4.82. The first-order chi connectivity index (χ1) is 11.6. The van der Waals surface area contributed by atoms with Crippen LogP contribution < -0.4 is 16.5 Å². The highest BCUT2D eigenvalue weighted by Gasteiger charge is 2.14. The van der Waals surface area contributed by atoms with Crippen LogP contribution in [-0.2, 0) is 0 Å². The molecular weight excluding hydrogens is 310 g/mol. The molecule has 0 saturated carbocycles. The zero-order valence-electron chi connectivity index (χ0n) is 12.4. The lowest BCUT2D eigenvalue weighted by Gasteiger charge is -2.10. The average Bonchev–Trinajstić information content (AvgIpc) is 2.59. The Balaban J connectivity index is 2.06. The molecule has 3 aromatic rings. The minimum absolute atomic E-state index is 0.0464. The quantitative estimate of drug-likeness (QED) is 0.496. The van der Waals surface area contributed by atoms with E-state index in [0.29, 0.717) is 5.69 Å². The molecule has 9 nitrogen and oxygen atoms in total. The van der Waals surface area contributed by atoms with Crippen molar-refractivity contribution in [3.63, 3.8) is 0 Å². The number of anilines is 3. The molecule has 120 valence electrons. The number of nitro benzene ring substituents is 1. The Morgan fingerprint density at radius 3 is 2.50 bits per heavy atom. The minimum Gasteiger partial charge on any atom is -0.380 e. The van der Waals surface area contributed by atoms with Crippen LogP contribution >= 0.6 is 0 Å². The number of aromatic nitrogens is 3. The smallest absolute Gasteiger partial charge is 0.292 e. The SMILES string of the molecule is N=c1c(N)nc(Nc2ccccc2[N+](=O)[O-])nn1-c1ccccc1. The van der Waals surface area contributed by atoms with Crippen LogP contribution in [-0.4, -0.2) is 19.7 Å². The fourth-order valence-electron chi connectivity index (χ4n) is 2.11. The number of rotatable bonds is 4. The Morgan fingerprint density at radius 2 is 1.79 bits per heavy atom. The molecule has 0 aliphatic heterocycles. The number of nitrogens with one attached hydrogen (secondary N) is 2. The highest BCUT2D eigenvalue weighted by molar-refractivity contribution is 5.66. The summed E-state index contributed by atoms with van der Waals surface area (Å²) in [5.41, 5.74) is 6.45. The van der Waals surface area contributed by atoms with Gasteiger partial charge in [0.2, 0.25) is 5.95 Å². The summed E-state index contributed by atoms with van der Waals surface area (Å²) in [5.74, 6) is 0.0107. The Bertz CT molecular complexity index is 954. The molecule has 0 amide bonds. The van der Waals surface area contributed by atoms with Crippen molar-refractivity contribution in [2.75, 3.05) is 11.1 Å². The molecular formula is C15H13N7O2. The molecule has 0 atom stereocenters. The molecule has 3 rings (SSSR count). The molecule has 0 unspecified atom stereocenters. The summed E-state index contributed by atoms with van der Waals surface area (Å²) in [6.07, 6.45) is 0. The summed E-state index contributed by atoms with van der Waals surface area (Å²) in [5, 5.41) is 26.1.